The van der Waals surface area contributed by atoms with E-state index in [0.717, 1.165) is 5.56 Å². The zero-order valence-corrected chi connectivity index (χ0v) is 15.1. The molecule has 0 aliphatic carbocycles. The van der Waals surface area contributed by atoms with E-state index in [1.54, 1.807) is 31.2 Å². The Morgan fingerprint density at radius 2 is 1.68 bits per heavy atom. The van der Waals surface area contributed by atoms with E-state index in [4.69, 9.17) is 10.00 Å². The first-order chi connectivity index (χ1) is 11.8. The van der Waals surface area contributed by atoms with Gasteiger partial charge in [0.25, 0.3) is 0 Å². The molecule has 0 radical (unpaired) electrons. The van der Waals surface area contributed by atoms with Crippen molar-refractivity contribution in [1.29, 1.82) is 5.26 Å². The van der Waals surface area contributed by atoms with Crippen LogP contribution in [0.5, 0.6) is 5.75 Å². The Bertz CT molecular complexity index is 788. The number of nitriles is 1. The van der Waals surface area contributed by atoms with Crippen molar-refractivity contribution in [2.45, 2.75) is 39.2 Å². The summed E-state index contributed by atoms with van der Waals surface area (Å²) in [5.41, 5.74) is 2.85. The second-order valence-corrected chi connectivity index (χ2v) is 6.98. The maximum atomic E-state index is 12.3. The third-order valence-electron chi connectivity index (χ3n) is 3.84. The Labute approximate surface area is 149 Å². The van der Waals surface area contributed by atoms with E-state index in [9.17, 15) is 4.79 Å². The molecule has 0 spiro atoms. The fourth-order valence-corrected chi connectivity index (χ4v) is 2.29. The highest BCUT2D eigenvalue weighted by molar-refractivity contribution is 6.06. The maximum Gasteiger partial charge on any atom is 0.185 e. The number of carbonyl (C=O) groups is 1. The quantitative estimate of drug-likeness (QED) is 0.560. The molecule has 3 nitrogen and oxygen atoms in total. The van der Waals surface area contributed by atoms with Gasteiger partial charge in [0.2, 0.25) is 0 Å². The van der Waals surface area contributed by atoms with Gasteiger partial charge in [0.05, 0.1) is 0 Å². The monoisotopic (exact) mass is 333 g/mol. The third-order valence-corrected chi connectivity index (χ3v) is 3.84. The Morgan fingerprint density at radius 1 is 1.08 bits per heavy atom. The van der Waals surface area contributed by atoms with Crippen molar-refractivity contribution in [2.75, 3.05) is 0 Å². The van der Waals surface area contributed by atoms with Gasteiger partial charge in [-0.3, -0.25) is 4.79 Å². The number of ketones is 1. The number of ether oxygens (including phenoxy) is 1. The van der Waals surface area contributed by atoms with Gasteiger partial charge in [0, 0.05) is 5.56 Å². The van der Waals surface area contributed by atoms with E-state index in [0.29, 0.717) is 11.3 Å². The first-order valence-corrected chi connectivity index (χ1v) is 8.29. The van der Waals surface area contributed by atoms with E-state index < -0.39 is 6.10 Å². The predicted octanol–water partition coefficient (Wildman–Crippen LogP) is 5.17. The number of rotatable bonds is 5. The number of hydrogen-bond donors (Lipinski definition) is 0. The van der Waals surface area contributed by atoms with E-state index in [2.05, 4.69) is 20.8 Å². The van der Waals surface area contributed by atoms with Crippen LogP contribution in [0, 0.1) is 11.3 Å². The average Bonchev–Trinajstić information content (AvgIpc) is 2.60. The molecule has 0 heterocycles. The highest BCUT2D eigenvalue weighted by Crippen LogP contribution is 2.22. The van der Waals surface area contributed by atoms with Crippen LogP contribution in [0.15, 0.2) is 54.6 Å². The minimum Gasteiger partial charge on any atom is -0.476 e. The number of nitrogens with zero attached hydrogens (tertiary/aromatic N) is 1. The second kappa shape index (κ2) is 7.81. The zero-order valence-electron chi connectivity index (χ0n) is 15.1. The van der Waals surface area contributed by atoms with Crippen LogP contribution in [0.1, 0.15) is 49.2 Å². The van der Waals surface area contributed by atoms with Crippen molar-refractivity contribution in [3.05, 3.63) is 71.3 Å². The van der Waals surface area contributed by atoms with Crippen molar-refractivity contribution in [1.82, 2.24) is 0 Å². The van der Waals surface area contributed by atoms with Gasteiger partial charge in [-0.05, 0) is 41.7 Å². The second-order valence-electron chi connectivity index (χ2n) is 6.98. The Kier molecular flexibility index (Phi) is 5.77. The van der Waals surface area contributed by atoms with Gasteiger partial charge in [-0.1, -0.05) is 63.2 Å². The molecule has 2 aromatic rings. The lowest BCUT2D eigenvalue weighted by Crippen LogP contribution is -2.11. The van der Waals surface area contributed by atoms with Gasteiger partial charge in [0.15, 0.2) is 11.9 Å². The van der Waals surface area contributed by atoms with Gasteiger partial charge < -0.3 is 4.74 Å². The molecule has 128 valence electrons. The molecular formula is C22H23NO2. The molecule has 0 aromatic heterocycles. The van der Waals surface area contributed by atoms with E-state index in [1.807, 2.05) is 42.5 Å². The average molecular weight is 333 g/mol. The minimum absolute atomic E-state index is 0.0288. The van der Waals surface area contributed by atoms with Crippen molar-refractivity contribution >= 4 is 11.9 Å². The summed E-state index contributed by atoms with van der Waals surface area (Å²) in [6.07, 6.45) is 2.86. The molecule has 2 rings (SSSR count). The van der Waals surface area contributed by atoms with Crippen molar-refractivity contribution in [2.24, 2.45) is 0 Å². The molecule has 1 atom stereocenters. The largest absolute Gasteiger partial charge is 0.476 e. The summed E-state index contributed by atoms with van der Waals surface area (Å²) in [5, 5.41) is 8.74. The van der Waals surface area contributed by atoms with Crippen LogP contribution in [0.25, 0.3) is 6.08 Å². The number of carbonyl (C=O) groups excluding carboxylic acids is 1. The first kappa shape index (κ1) is 18.5. The molecule has 3 heteroatoms. The number of benzene rings is 2. The van der Waals surface area contributed by atoms with Crippen molar-refractivity contribution in [3.8, 4) is 11.8 Å². The minimum atomic E-state index is -0.487. The molecule has 1 unspecified atom stereocenters. The molecule has 0 N–H and O–H groups in total. The van der Waals surface area contributed by atoms with Gasteiger partial charge in [-0.2, -0.15) is 5.26 Å². The normalized spacial score (nSPS) is 12.6. The van der Waals surface area contributed by atoms with E-state index in [1.165, 1.54) is 5.56 Å². The summed E-state index contributed by atoms with van der Waals surface area (Å²) < 4.78 is 5.40. The fraction of sp³-hybridized carbons (Fsp3) is 0.273. The molecule has 0 saturated heterocycles. The lowest BCUT2D eigenvalue weighted by atomic mass is 9.86. The van der Waals surface area contributed by atoms with Crippen molar-refractivity contribution < 1.29 is 9.53 Å². The smallest absolute Gasteiger partial charge is 0.185 e. The number of allylic oxidation sites excluding steroid dienone is 1. The lowest BCUT2D eigenvalue weighted by Gasteiger charge is -2.18. The zero-order chi connectivity index (χ0) is 18.4. The van der Waals surface area contributed by atoms with Crippen LogP contribution in [0.4, 0.5) is 0 Å². The molecule has 0 saturated carbocycles. The molecule has 25 heavy (non-hydrogen) atoms. The molecule has 0 amide bonds. The van der Waals surface area contributed by atoms with Crippen LogP contribution < -0.4 is 4.74 Å². The summed E-state index contributed by atoms with van der Waals surface area (Å²) in [6.45, 7) is 8.13. The summed E-state index contributed by atoms with van der Waals surface area (Å²) >= 11 is 0. The Morgan fingerprint density at radius 3 is 2.20 bits per heavy atom. The maximum absolute atomic E-state index is 12.3. The summed E-state index contributed by atoms with van der Waals surface area (Å²) in [4.78, 5) is 12.3. The topological polar surface area (TPSA) is 50.1 Å². The fourth-order valence-electron chi connectivity index (χ4n) is 2.29. The van der Waals surface area contributed by atoms with Crippen LogP contribution in [-0.2, 0) is 5.41 Å². The lowest BCUT2D eigenvalue weighted by molar-refractivity contribution is 0.104. The van der Waals surface area contributed by atoms with Gasteiger partial charge in [0.1, 0.15) is 11.8 Å². The van der Waals surface area contributed by atoms with Gasteiger partial charge >= 0.3 is 0 Å². The van der Waals surface area contributed by atoms with Crippen LogP contribution in [-0.4, -0.2) is 11.9 Å². The third kappa shape index (κ3) is 5.32. The van der Waals surface area contributed by atoms with Crippen LogP contribution >= 0.6 is 0 Å². The SMILES string of the molecule is CC(C#N)Oc1ccc(/C=C/C(=O)c2ccc(C(C)(C)C)cc2)cc1. The van der Waals surface area contributed by atoms with E-state index >= 15 is 0 Å². The first-order valence-electron chi connectivity index (χ1n) is 8.29. The summed E-state index contributed by atoms with van der Waals surface area (Å²) in [6, 6.07) is 17.0. The standard InChI is InChI=1S/C22H23NO2/c1-16(15-23)25-20-12-5-17(6-13-20)7-14-21(24)18-8-10-19(11-9-18)22(2,3)4/h5-14,16H,1-4H3/b14-7+. The summed E-state index contributed by atoms with van der Waals surface area (Å²) in [5.74, 6) is 0.606. The van der Waals surface area contributed by atoms with Crippen LogP contribution in [0.3, 0.4) is 0 Å². The Balaban J connectivity index is 2.03. The van der Waals surface area contributed by atoms with E-state index in [-0.39, 0.29) is 11.2 Å². The van der Waals surface area contributed by atoms with Crippen LogP contribution in [0.2, 0.25) is 0 Å². The van der Waals surface area contributed by atoms with Crippen molar-refractivity contribution in [3.63, 3.8) is 0 Å². The summed E-state index contributed by atoms with van der Waals surface area (Å²) in [7, 11) is 0. The van der Waals surface area contributed by atoms with Gasteiger partial charge in [-0.25, -0.2) is 0 Å². The molecule has 0 aliphatic rings. The predicted molar refractivity (Wildman–Crippen MR) is 101 cm³/mol. The van der Waals surface area contributed by atoms with Gasteiger partial charge in [-0.15, -0.1) is 0 Å². The highest BCUT2D eigenvalue weighted by Gasteiger charge is 2.13. The molecule has 0 aliphatic heterocycles. The molecule has 2 aromatic carbocycles. The number of hydrogen-bond acceptors (Lipinski definition) is 3. The Hall–Kier alpha value is -2.86. The molecule has 0 fully saturated rings. The highest BCUT2D eigenvalue weighted by atomic mass is 16.5. The molecule has 0 bridgehead atoms. The molecular weight excluding hydrogens is 310 g/mol.